The van der Waals surface area contributed by atoms with Gasteiger partial charge in [0.2, 0.25) is 0 Å². The number of nitrogens with zero attached hydrogens (tertiary/aromatic N) is 3. The quantitative estimate of drug-likeness (QED) is 0.155. The second-order valence-electron chi connectivity index (χ2n) is 11.7. The maximum atomic E-state index is 16.1. The first-order valence-corrected chi connectivity index (χ1v) is 17.8. The van der Waals surface area contributed by atoms with Crippen LogP contribution in [0.2, 0.25) is 5.02 Å². The van der Waals surface area contributed by atoms with Gasteiger partial charge in [0, 0.05) is 0 Å². The van der Waals surface area contributed by atoms with Crippen molar-refractivity contribution in [3.63, 3.8) is 0 Å². The molecule has 1 N–H and O–H groups in total. The summed E-state index contributed by atoms with van der Waals surface area (Å²) >= 11 is 6.11. The van der Waals surface area contributed by atoms with Crippen LogP contribution in [0.15, 0.2) is 125 Å². The molecule has 4 aromatic carbocycles. The van der Waals surface area contributed by atoms with E-state index in [2.05, 4.69) is 10.3 Å². The summed E-state index contributed by atoms with van der Waals surface area (Å²) in [6, 6.07) is 28.0. The van der Waals surface area contributed by atoms with Gasteiger partial charge in [0.15, 0.2) is 6.10 Å². The van der Waals surface area contributed by atoms with Crippen LogP contribution in [-0.2, 0) is 14.2 Å². The predicted octanol–water partition coefficient (Wildman–Crippen LogP) is 5.13. The molecule has 0 unspecified atom stereocenters. The molecular formula is C37H25ClF2N4O8Se. The zero-order chi connectivity index (χ0) is 37.3. The molecule has 1 aliphatic heterocycles. The number of hydrogen-bond donors (Lipinski definition) is 1. The molecule has 1 aliphatic rings. The van der Waals surface area contributed by atoms with Gasteiger partial charge in [-0.15, -0.1) is 0 Å². The number of halogens is 3. The Labute approximate surface area is 309 Å². The third-order valence-electron chi connectivity index (χ3n) is 8.23. The molecular weight excluding hydrogens is 781 g/mol. The fourth-order valence-electron chi connectivity index (χ4n) is 5.62. The van der Waals surface area contributed by atoms with E-state index < -0.39 is 54.5 Å². The van der Waals surface area contributed by atoms with Gasteiger partial charge in [0.05, 0.1) is 11.1 Å². The Balaban J connectivity index is 1.10. The first kappa shape index (κ1) is 35.7. The number of amides is 1. The summed E-state index contributed by atoms with van der Waals surface area (Å²) in [5.74, 6) is -7.00. The van der Waals surface area contributed by atoms with E-state index in [1.165, 1.54) is 48.5 Å². The Bertz CT molecular complexity index is 2470. The van der Waals surface area contributed by atoms with Crippen molar-refractivity contribution in [3.8, 4) is 5.69 Å². The number of carbonyl (C=O) groups excluding carboxylic acids is 3. The monoisotopic (exact) mass is 806 g/mol. The number of carbonyl (C=O) groups is 3. The van der Waals surface area contributed by atoms with Crippen molar-refractivity contribution in [2.45, 2.75) is 24.4 Å². The molecule has 6 aromatic rings. The molecule has 7 rings (SSSR count). The SMILES string of the molecule is O=C(OC[C@@H]1O[C@H](n2ccc(NC(=O)c3ccc(-n4[se]c5ccccc5c4=O)cc3Cl)nc2=O)C(F)(F)[C@H]1OC(=O)c1ccccc1)c1ccccc1. The Morgan fingerprint density at radius 2 is 1.55 bits per heavy atom. The number of anilines is 1. The molecule has 16 heteroatoms. The van der Waals surface area contributed by atoms with Crippen LogP contribution < -0.4 is 16.6 Å². The normalized spacial score (nSPS) is 17.7. The number of fused-ring (bicyclic) bond motifs is 1. The van der Waals surface area contributed by atoms with E-state index in [4.69, 9.17) is 25.8 Å². The van der Waals surface area contributed by atoms with Crippen LogP contribution >= 0.6 is 11.6 Å². The van der Waals surface area contributed by atoms with Gasteiger partial charge in [-0.3, -0.25) is 0 Å². The number of ether oxygens (including phenoxy) is 3. The number of aromatic nitrogens is 3. The van der Waals surface area contributed by atoms with Gasteiger partial charge in [0.1, 0.15) is 12.7 Å². The van der Waals surface area contributed by atoms with Crippen LogP contribution in [0.3, 0.4) is 0 Å². The number of benzene rings is 4. The fourth-order valence-corrected chi connectivity index (χ4v) is 7.96. The van der Waals surface area contributed by atoms with Crippen molar-refractivity contribution in [1.82, 2.24) is 13.1 Å². The van der Waals surface area contributed by atoms with Crippen molar-refractivity contribution in [3.05, 3.63) is 158 Å². The second kappa shape index (κ2) is 14.7. The van der Waals surface area contributed by atoms with E-state index in [-0.39, 0.29) is 47.8 Å². The van der Waals surface area contributed by atoms with Crippen molar-refractivity contribution in [2.24, 2.45) is 0 Å². The smallest absolute Gasteiger partial charge is 0.338 e. The first-order chi connectivity index (χ1) is 25.5. The zero-order valence-electron chi connectivity index (χ0n) is 27.1. The summed E-state index contributed by atoms with van der Waals surface area (Å²) in [6.07, 6.45) is -5.39. The summed E-state index contributed by atoms with van der Waals surface area (Å²) in [4.78, 5) is 68.4. The number of rotatable bonds is 9. The minimum Gasteiger partial charge on any atom is -0.449 e. The van der Waals surface area contributed by atoms with Crippen LogP contribution in [0.4, 0.5) is 14.6 Å². The third-order valence-corrected chi connectivity index (χ3v) is 10.9. The average Bonchev–Trinajstić information content (AvgIpc) is 3.63. The molecule has 0 spiro atoms. The topological polar surface area (TPSA) is 148 Å². The van der Waals surface area contributed by atoms with E-state index >= 15 is 8.78 Å². The number of esters is 2. The van der Waals surface area contributed by atoms with Gasteiger partial charge in [-0.25, -0.2) is 9.59 Å². The van der Waals surface area contributed by atoms with Gasteiger partial charge in [-0.1, -0.05) is 36.4 Å². The maximum absolute atomic E-state index is 16.1. The molecule has 0 radical (unpaired) electrons. The van der Waals surface area contributed by atoms with Gasteiger partial charge in [0.25, 0.3) is 0 Å². The van der Waals surface area contributed by atoms with Crippen LogP contribution in [0.25, 0.3) is 15.3 Å². The van der Waals surface area contributed by atoms with Gasteiger partial charge < -0.3 is 14.2 Å². The van der Waals surface area contributed by atoms with Crippen molar-refractivity contribution >= 4 is 59.6 Å². The second-order valence-corrected chi connectivity index (χ2v) is 14.1. The van der Waals surface area contributed by atoms with Gasteiger partial charge in [-0.2, -0.15) is 8.78 Å². The molecule has 1 fully saturated rings. The molecule has 2 aromatic heterocycles. The van der Waals surface area contributed by atoms with Gasteiger partial charge in [-0.05, 0) is 24.3 Å². The van der Waals surface area contributed by atoms with E-state index in [1.54, 1.807) is 46.0 Å². The largest absolute Gasteiger partial charge is 0.449 e. The minimum absolute atomic E-state index is 0.000296. The number of nitrogens with one attached hydrogen (secondary N) is 1. The summed E-state index contributed by atoms with van der Waals surface area (Å²) in [5, 5.41) is 3.03. The molecule has 0 aliphatic carbocycles. The number of alkyl halides is 2. The third kappa shape index (κ3) is 7.19. The molecule has 3 atom stereocenters. The molecule has 1 amide bonds. The maximum Gasteiger partial charge on any atom is 0.338 e. The summed E-state index contributed by atoms with van der Waals surface area (Å²) < 4.78 is 51.2. The van der Waals surface area contributed by atoms with Crippen LogP contribution in [0.5, 0.6) is 0 Å². The molecule has 3 heterocycles. The summed E-state index contributed by atoms with van der Waals surface area (Å²) in [5.41, 5.74) is -0.799. The Kier molecular flexibility index (Phi) is 9.90. The molecule has 0 bridgehead atoms. The molecule has 0 saturated carbocycles. The van der Waals surface area contributed by atoms with Gasteiger partial charge >= 0.3 is 187 Å². The van der Waals surface area contributed by atoms with Crippen LogP contribution in [0.1, 0.15) is 37.3 Å². The summed E-state index contributed by atoms with van der Waals surface area (Å²) in [7, 11) is 0. The average molecular weight is 806 g/mol. The van der Waals surface area contributed by atoms with E-state index in [0.717, 1.165) is 16.5 Å². The zero-order valence-corrected chi connectivity index (χ0v) is 29.5. The Hall–Kier alpha value is -5.73. The van der Waals surface area contributed by atoms with Crippen molar-refractivity contribution in [2.75, 3.05) is 11.9 Å². The van der Waals surface area contributed by atoms with E-state index in [1.807, 2.05) is 12.1 Å². The standard InChI is InChI=1S/C37H25ClF2N4O8Se/c38-26-19-23(44-32(46)25-13-7-8-14-28(25)53-44)15-16-24(26)31(45)41-29-17-18-43(36(49)42-29)35-37(39,40)30(52-34(48)22-11-5-2-6-12-22)27(51-35)20-50-33(47)21-9-3-1-4-10-21/h1-19,27,30,35H,20H2,(H,41,42,45,49)/t27-,30-,35-/m0/s1. The fraction of sp³-hybridized carbons (Fsp3) is 0.135. The van der Waals surface area contributed by atoms with E-state index in [9.17, 15) is 24.0 Å². The Morgan fingerprint density at radius 1 is 0.887 bits per heavy atom. The predicted molar refractivity (Wildman–Crippen MR) is 189 cm³/mol. The van der Waals surface area contributed by atoms with E-state index in [0.29, 0.717) is 15.6 Å². The number of hydrogen-bond acceptors (Lipinski definition) is 9. The van der Waals surface area contributed by atoms with Crippen LogP contribution in [-0.4, -0.2) is 70.4 Å². The van der Waals surface area contributed by atoms with Crippen molar-refractivity contribution in [1.29, 1.82) is 0 Å². The summed E-state index contributed by atoms with van der Waals surface area (Å²) in [6.45, 7) is -0.748. The minimum atomic E-state index is -4.03. The van der Waals surface area contributed by atoms with Crippen LogP contribution in [0, 0.1) is 0 Å². The first-order valence-electron chi connectivity index (χ1n) is 15.8. The van der Waals surface area contributed by atoms with Crippen molar-refractivity contribution < 1.29 is 37.4 Å². The molecule has 268 valence electrons. The Morgan fingerprint density at radius 3 is 2.21 bits per heavy atom. The molecule has 53 heavy (non-hydrogen) atoms. The molecule has 1 saturated heterocycles. The molecule has 12 nitrogen and oxygen atoms in total.